The third-order valence-corrected chi connectivity index (χ3v) is 7.20. The number of rotatable bonds is 4. The molecule has 0 aromatic rings. The van der Waals surface area contributed by atoms with Gasteiger partial charge in [0.1, 0.15) is 0 Å². The molecule has 0 aliphatic heterocycles. The maximum Gasteiger partial charge on any atom is 3.00 e. The summed E-state index contributed by atoms with van der Waals surface area (Å²) in [6.45, 7) is 16.6. The van der Waals surface area contributed by atoms with Crippen molar-refractivity contribution in [2.45, 2.75) is 64.8 Å². The maximum absolute atomic E-state index is 5.16. The van der Waals surface area contributed by atoms with E-state index >= 15 is 0 Å². The fourth-order valence-corrected chi connectivity index (χ4v) is 4.34. The van der Waals surface area contributed by atoms with Crippen LogP contribution in [0.5, 0.6) is 0 Å². The van der Waals surface area contributed by atoms with Gasteiger partial charge in [-0.05, 0) is 0 Å². The summed E-state index contributed by atoms with van der Waals surface area (Å²) in [5.41, 5.74) is 0.996. The van der Waals surface area contributed by atoms with Crippen LogP contribution in [0.3, 0.4) is 0 Å². The van der Waals surface area contributed by atoms with Gasteiger partial charge in [-0.25, -0.2) is 0 Å². The van der Waals surface area contributed by atoms with Gasteiger partial charge in [0.15, 0.2) is 0 Å². The first-order valence-corrected chi connectivity index (χ1v) is 9.73. The zero-order valence-electron chi connectivity index (χ0n) is 13.7. The normalized spacial score (nSPS) is 18.8. The topological polar surface area (TPSA) is 14.1 Å². The summed E-state index contributed by atoms with van der Waals surface area (Å²) >= 11 is 0. The Morgan fingerprint density at radius 1 is 1.00 bits per heavy atom. The first kappa shape index (κ1) is 26.0. The standard InChI is InChI=1S/C15H28NSi.2ClH.Zr/c1-12(17(6)7)15(5,14(2,3)4)16-13-10-8-9-11-13;;;/h8-13,17H,1-7H3;2*1H;/q-1;;;+3/p-2. The van der Waals surface area contributed by atoms with E-state index in [1.54, 1.807) is 0 Å². The van der Waals surface area contributed by atoms with E-state index in [-0.39, 0.29) is 68.0 Å². The summed E-state index contributed by atoms with van der Waals surface area (Å²) < 4.78 is 0. The van der Waals surface area contributed by atoms with E-state index in [0.717, 1.165) is 0 Å². The van der Waals surface area contributed by atoms with Crippen LogP contribution >= 0.6 is 0 Å². The number of halogens is 2. The molecule has 5 heteroatoms. The molecule has 1 aliphatic rings. The average molecular weight is 413 g/mol. The molecule has 1 aliphatic carbocycles. The molecule has 0 aromatic heterocycles. The van der Waals surface area contributed by atoms with Crippen molar-refractivity contribution in [2.75, 3.05) is 0 Å². The van der Waals surface area contributed by atoms with Crippen LogP contribution in [0.25, 0.3) is 5.32 Å². The van der Waals surface area contributed by atoms with Crippen molar-refractivity contribution >= 4 is 8.80 Å². The van der Waals surface area contributed by atoms with E-state index < -0.39 is 8.80 Å². The Bertz CT molecular complexity index is 314. The van der Waals surface area contributed by atoms with Crippen molar-refractivity contribution in [3.8, 4) is 0 Å². The van der Waals surface area contributed by atoms with Crippen LogP contribution < -0.4 is 24.8 Å². The number of nitrogens with zero attached hydrogens (tertiary/aromatic N) is 1. The molecule has 0 saturated heterocycles. The van der Waals surface area contributed by atoms with Gasteiger partial charge in [0.05, 0.1) is 0 Å². The van der Waals surface area contributed by atoms with Crippen molar-refractivity contribution in [3.05, 3.63) is 29.6 Å². The molecule has 0 aromatic carbocycles. The molecular formula is C15H28Cl2NSiZr. The molecule has 1 radical (unpaired) electrons. The number of hydrogen-bond acceptors (Lipinski definition) is 0. The Hall–Kier alpha value is 1.12. The third-order valence-electron chi connectivity index (χ3n) is 4.55. The molecule has 20 heavy (non-hydrogen) atoms. The SMILES string of the molecule is CC([SiH](C)C)C(C)([N-]C1C=CC=C1)C(C)(C)C.[Cl-].[Cl-].[Zr+3]. The van der Waals surface area contributed by atoms with Gasteiger partial charge in [-0.3, -0.25) is 0 Å². The van der Waals surface area contributed by atoms with Crippen molar-refractivity contribution in [3.63, 3.8) is 0 Å². The quantitative estimate of drug-likeness (QED) is 0.502. The van der Waals surface area contributed by atoms with E-state index in [1.807, 2.05) is 0 Å². The summed E-state index contributed by atoms with van der Waals surface area (Å²) in [4.78, 5) is 0. The Kier molecular flexibility index (Phi) is 13.0. The zero-order valence-corrected chi connectivity index (χ0v) is 18.9. The summed E-state index contributed by atoms with van der Waals surface area (Å²) in [5.74, 6) is 0. The molecule has 0 spiro atoms. The molecule has 0 saturated carbocycles. The van der Waals surface area contributed by atoms with Crippen LogP contribution in [0.1, 0.15) is 34.6 Å². The third kappa shape index (κ3) is 6.08. The van der Waals surface area contributed by atoms with Gasteiger partial charge in [-0.1, -0.05) is 89.0 Å². The van der Waals surface area contributed by atoms with Crippen molar-refractivity contribution < 1.29 is 51.0 Å². The molecule has 1 rings (SSSR count). The van der Waals surface area contributed by atoms with Crippen molar-refractivity contribution in [2.24, 2.45) is 5.41 Å². The fourth-order valence-electron chi connectivity index (χ4n) is 2.46. The second-order valence-corrected chi connectivity index (χ2v) is 10.3. The minimum Gasteiger partial charge on any atom is -1.00 e. The van der Waals surface area contributed by atoms with Crippen molar-refractivity contribution in [1.82, 2.24) is 0 Å². The van der Waals surface area contributed by atoms with Crippen LogP contribution in [0, 0.1) is 5.41 Å². The summed E-state index contributed by atoms with van der Waals surface area (Å²) in [6, 6.07) is 0.287. The first-order chi connectivity index (χ1) is 7.68. The van der Waals surface area contributed by atoms with Crippen LogP contribution in [-0.2, 0) is 26.2 Å². The molecule has 0 fully saturated rings. The van der Waals surface area contributed by atoms with Crippen LogP contribution in [0.4, 0.5) is 0 Å². The van der Waals surface area contributed by atoms with E-state index in [9.17, 15) is 0 Å². The molecule has 0 heterocycles. The monoisotopic (exact) mass is 410 g/mol. The van der Waals surface area contributed by atoms with Crippen LogP contribution in [0.15, 0.2) is 24.3 Å². The van der Waals surface area contributed by atoms with E-state index in [1.165, 1.54) is 0 Å². The predicted octanol–water partition coefficient (Wildman–Crippen LogP) is -1.46. The smallest absolute Gasteiger partial charge is 1.00 e. The van der Waals surface area contributed by atoms with Gasteiger partial charge in [-0.15, -0.1) is 5.54 Å². The average Bonchev–Trinajstić information content (AvgIpc) is 2.67. The first-order valence-electron chi connectivity index (χ1n) is 6.75. The minimum absolute atomic E-state index is 0. The summed E-state index contributed by atoms with van der Waals surface area (Å²) in [5, 5.41) is 5.16. The molecular weight excluding hydrogens is 384 g/mol. The molecule has 115 valence electrons. The molecule has 0 amide bonds. The molecule has 1 nitrogen and oxygen atoms in total. The van der Waals surface area contributed by atoms with Gasteiger partial charge >= 0.3 is 26.2 Å². The Morgan fingerprint density at radius 2 is 1.40 bits per heavy atom. The minimum atomic E-state index is -0.692. The predicted molar refractivity (Wildman–Crippen MR) is 81.6 cm³/mol. The van der Waals surface area contributed by atoms with Gasteiger partial charge < -0.3 is 30.1 Å². The van der Waals surface area contributed by atoms with Gasteiger partial charge in [0, 0.05) is 8.80 Å². The van der Waals surface area contributed by atoms with E-state index in [4.69, 9.17) is 5.32 Å². The van der Waals surface area contributed by atoms with Crippen LogP contribution in [0.2, 0.25) is 18.6 Å². The van der Waals surface area contributed by atoms with E-state index in [0.29, 0.717) is 5.54 Å². The summed E-state index contributed by atoms with van der Waals surface area (Å²) in [7, 11) is -0.692. The fraction of sp³-hybridized carbons (Fsp3) is 0.733. The Morgan fingerprint density at radius 3 is 1.70 bits per heavy atom. The zero-order chi connectivity index (χ0) is 13.3. The molecule has 0 bridgehead atoms. The van der Waals surface area contributed by atoms with Gasteiger partial charge in [0.2, 0.25) is 0 Å². The van der Waals surface area contributed by atoms with Gasteiger partial charge in [-0.2, -0.15) is 0 Å². The van der Waals surface area contributed by atoms with E-state index in [2.05, 4.69) is 72.0 Å². The largest absolute Gasteiger partial charge is 3.00 e. The summed E-state index contributed by atoms with van der Waals surface area (Å²) in [6.07, 6.45) is 8.60. The molecule has 2 atom stereocenters. The van der Waals surface area contributed by atoms with Gasteiger partial charge in [0.25, 0.3) is 0 Å². The number of allylic oxidation sites excluding steroid dienone is 2. The second kappa shape index (κ2) is 10.0. The Balaban J connectivity index is -0.000000963. The number of hydrogen-bond donors (Lipinski definition) is 0. The Labute approximate surface area is 159 Å². The second-order valence-electron chi connectivity index (χ2n) is 6.82. The van der Waals surface area contributed by atoms with Crippen molar-refractivity contribution in [1.29, 1.82) is 0 Å². The molecule has 2 unspecified atom stereocenters. The maximum atomic E-state index is 5.16. The van der Waals surface area contributed by atoms with Crippen LogP contribution in [-0.4, -0.2) is 20.4 Å². The molecule has 0 N–H and O–H groups in total.